The molecule has 0 unspecified atom stereocenters. The Balaban J connectivity index is 2.20. The third-order valence-electron chi connectivity index (χ3n) is 3.11. The van der Waals surface area contributed by atoms with Crippen LogP contribution in [0.3, 0.4) is 0 Å². The van der Waals surface area contributed by atoms with Gasteiger partial charge >= 0.3 is 0 Å². The Morgan fingerprint density at radius 1 is 1.00 bits per heavy atom. The molecule has 2 aromatic carbocycles. The lowest BCUT2D eigenvalue weighted by molar-refractivity contribution is 0.873. The molecule has 0 fully saturated rings. The van der Waals surface area contributed by atoms with Gasteiger partial charge < -0.3 is 5.73 Å². The van der Waals surface area contributed by atoms with Crippen molar-refractivity contribution in [2.45, 2.75) is 6.42 Å². The van der Waals surface area contributed by atoms with Gasteiger partial charge in [-0.15, -0.1) is 0 Å². The first-order valence-corrected chi connectivity index (χ1v) is 6.11. The summed E-state index contributed by atoms with van der Waals surface area (Å²) < 4.78 is 1.99. The molecule has 1 heterocycles. The Hall–Kier alpha value is -2.13. The van der Waals surface area contributed by atoms with Gasteiger partial charge in [-0.05, 0) is 30.7 Å². The van der Waals surface area contributed by atoms with E-state index in [0.29, 0.717) is 6.54 Å². The largest absolute Gasteiger partial charge is 0.330 e. The van der Waals surface area contributed by atoms with Crippen molar-refractivity contribution in [3.05, 3.63) is 60.3 Å². The molecule has 0 spiro atoms. The molecule has 0 saturated heterocycles. The molecule has 90 valence electrons. The summed E-state index contributed by atoms with van der Waals surface area (Å²) in [6.45, 7) is 0.649. The minimum atomic E-state index is 0.649. The molecule has 3 rings (SSSR count). The van der Waals surface area contributed by atoms with Crippen LogP contribution in [0.4, 0.5) is 0 Å². The number of para-hydroxylation sites is 2. The summed E-state index contributed by atoms with van der Waals surface area (Å²) in [6.07, 6.45) is 2.76. The molecule has 3 nitrogen and oxygen atoms in total. The molecule has 3 aromatic rings. The van der Waals surface area contributed by atoms with Gasteiger partial charge in [-0.3, -0.25) is 0 Å². The lowest BCUT2D eigenvalue weighted by Gasteiger charge is -2.09. The highest BCUT2D eigenvalue weighted by molar-refractivity contribution is 5.80. The lowest BCUT2D eigenvalue weighted by Crippen LogP contribution is -2.07. The second-order valence-electron chi connectivity index (χ2n) is 4.28. The highest BCUT2D eigenvalue weighted by atomic mass is 15.3. The minimum absolute atomic E-state index is 0.649. The average Bonchev–Trinajstić information content (AvgIpc) is 2.84. The van der Waals surface area contributed by atoms with Gasteiger partial charge in [-0.2, -0.15) is 5.10 Å². The number of nitrogens with two attached hydrogens (primary N) is 1. The number of aromatic nitrogens is 2. The zero-order valence-electron chi connectivity index (χ0n) is 10.1. The van der Waals surface area contributed by atoms with E-state index in [0.717, 1.165) is 23.0 Å². The van der Waals surface area contributed by atoms with Crippen molar-refractivity contribution in [1.82, 2.24) is 9.78 Å². The summed E-state index contributed by atoms with van der Waals surface area (Å²) in [7, 11) is 0. The van der Waals surface area contributed by atoms with E-state index < -0.39 is 0 Å². The van der Waals surface area contributed by atoms with Gasteiger partial charge in [-0.1, -0.05) is 36.4 Å². The number of benzene rings is 2. The van der Waals surface area contributed by atoms with E-state index in [1.165, 1.54) is 5.56 Å². The summed E-state index contributed by atoms with van der Waals surface area (Å²) in [6, 6.07) is 16.5. The number of rotatable bonds is 3. The fourth-order valence-corrected chi connectivity index (χ4v) is 2.25. The number of fused-ring (bicyclic) bond motifs is 1. The SMILES string of the molecule is NCCc1ccccc1-n1ncc2ccccc21. The molecular formula is C15H15N3. The minimum Gasteiger partial charge on any atom is -0.330 e. The topological polar surface area (TPSA) is 43.8 Å². The van der Waals surface area contributed by atoms with Crippen molar-refractivity contribution < 1.29 is 0 Å². The van der Waals surface area contributed by atoms with E-state index in [-0.39, 0.29) is 0 Å². The van der Waals surface area contributed by atoms with Crippen LogP contribution in [0, 0.1) is 0 Å². The van der Waals surface area contributed by atoms with Crippen LogP contribution in [0.15, 0.2) is 54.7 Å². The van der Waals surface area contributed by atoms with E-state index in [4.69, 9.17) is 5.73 Å². The Morgan fingerprint density at radius 2 is 1.78 bits per heavy atom. The predicted octanol–water partition coefficient (Wildman–Crippen LogP) is 2.53. The summed E-state index contributed by atoms with van der Waals surface area (Å²) in [5, 5.41) is 5.64. The molecule has 0 bridgehead atoms. The molecule has 0 saturated carbocycles. The zero-order chi connectivity index (χ0) is 12.4. The quantitative estimate of drug-likeness (QED) is 0.760. The fourth-order valence-electron chi connectivity index (χ4n) is 2.25. The smallest absolute Gasteiger partial charge is 0.0741 e. The number of nitrogens with zero attached hydrogens (tertiary/aromatic N) is 2. The van der Waals surface area contributed by atoms with Crippen molar-refractivity contribution in [2.75, 3.05) is 6.54 Å². The normalized spacial score (nSPS) is 10.9. The Morgan fingerprint density at radius 3 is 2.67 bits per heavy atom. The number of hydrogen-bond donors (Lipinski definition) is 1. The molecule has 0 radical (unpaired) electrons. The fraction of sp³-hybridized carbons (Fsp3) is 0.133. The van der Waals surface area contributed by atoms with Crippen molar-refractivity contribution in [1.29, 1.82) is 0 Å². The van der Waals surface area contributed by atoms with Gasteiger partial charge in [0.1, 0.15) is 0 Å². The average molecular weight is 237 g/mol. The maximum atomic E-state index is 5.67. The van der Waals surface area contributed by atoms with E-state index in [1.807, 2.05) is 35.1 Å². The molecule has 1 aromatic heterocycles. The lowest BCUT2D eigenvalue weighted by atomic mass is 10.1. The van der Waals surface area contributed by atoms with Crippen LogP contribution < -0.4 is 5.73 Å². The first-order valence-electron chi connectivity index (χ1n) is 6.11. The maximum absolute atomic E-state index is 5.67. The zero-order valence-corrected chi connectivity index (χ0v) is 10.1. The second-order valence-corrected chi connectivity index (χ2v) is 4.28. The summed E-state index contributed by atoms with van der Waals surface area (Å²) in [4.78, 5) is 0. The third kappa shape index (κ3) is 1.79. The summed E-state index contributed by atoms with van der Waals surface area (Å²) >= 11 is 0. The summed E-state index contributed by atoms with van der Waals surface area (Å²) in [5.41, 5.74) is 9.14. The van der Waals surface area contributed by atoms with E-state index in [2.05, 4.69) is 29.4 Å². The Labute approximate surface area is 106 Å². The molecule has 2 N–H and O–H groups in total. The Kier molecular flexibility index (Phi) is 2.82. The Bertz CT molecular complexity index is 670. The highest BCUT2D eigenvalue weighted by Crippen LogP contribution is 2.20. The van der Waals surface area contributed by atoms with Gasteiger partial charge in [-0.25, -0.2) is 4.68 Å². The standard InChI is InChI=1S/C15H15N3/c16-10-9-12-5-1-3-7-14(12)18-15-8-4-2-6-13(15)11-17-18/h1-8,11H,9-10,16H2. The van der Waals surface area contributed by atoms with Crippen LogP contribution in [-0.4, -0.2) is 16.3 Å². The van der Waals surface area contributed by atoms with Crippen molar-refractivity contribution in [3.8, 4) is 5.69 Å². The summed E-state index contributed by atoms with van der Waals surface area (Å²) in [5.74, 6) is 0. The molecule has 0 amide bonds. The van der Waals surface area contributed by atoms with Gasteiger partial charge in [0.2, 0.25) is 0 Å². The second kappa shape index (κ2) is 4.63. The number of hydrogen-bond acceptors (Lipinski definition) is 2. The molecular weight excluding hydrogens is 222 g/mol. The van der Waals surface area contributed by atoms with Crippen LogP contribution in [0.5, 0.6) is 0 Å². The van der Waals surface area contributed by atoms with Crippen molar-refractivity contribution in [3.63, 3.8) is 0 Å². The van der Waals surface area contributed by atoms with E-state index in [9.17, 15) is 0 Å². The van der Waals surface area contributed by atoms with Crippen molar-refractivity contribution in [2.24, 2.45) is 5.73 Å². The van der Waals surface area contributed by atoms with Gasteiger partial charge in [0.15, 0.2) is 0 Å². The molecule has 0 aliphatic heterocycles. The van der Waals surface area contributed by atoms with E-state index >= 15 is 0 Å². The molecule has 3 heteroatoms. The molecule has 0 aliphatic rings. The first kappa shape index (κ1) is 11.0. The van der Waals surface area contributed by atoms with Gasteiger partial charge in [0, 0.05) is 5.39 Å². The maximum Gasteiger partial charge on any atom is 0.0741 e. The monoisotopic (exact) mass is 237 g/mol. The van der Waals surface area contributed by atoms with Crippen LogP contribution in [0.2, 0.25) is 0 Å². The van der Waals surface area contributed by atoms with Crippen molar-refractivity contribution >= 4 is 10.9 Å². The third-order valence-corrected chi connectivity index (χ3v) is 3.11. The van der Waals surface area contributed by atoms with Crippen LogP contribution in [-0.2, 0) is 6.42 Å². The van der Waals surface area contributed by atoms with Crippen LogP contribution >= 0.6 is 0 Å². The van der Waals surface area contributed by atoms with Gasteiger partial charge in [0.25, 0.3) is 0 Å². The molecule has 18 heavy (non-hydrogen) atoms. The highest BCUT2D eigenvalue weighted by Gasteiger charge is 2.07. The van der Waals surface area contributed by atoms with E-state index in [1.54, 1.807) is 0 Å². The van der Waals surface area contributed by atoms with Crippen LogP contribution in [0.1, 0.15) is 5.56 Å². The first-order chi connectivity index (χ1) is 8.90. The van der Waals surface area contributed by atoms with Gasteiger partial charge in [0.05, 0.1) is 17.4 Å². The molecule has 0 atom stereocenters. The predicted molar refractivity (Wildman–Crippen MR) is 73.8 cm³/mol. The van der Waals surface area contributed by atoms with Crippen LogP contribution in [0.25, 0.3) is 16.6 Å². The molecule has 0 aliphatic carbocycles.